The van der Waals surface area contributed by atoms with Gasteiger partial charge in [-0.05, 0) is 43.6 Å². The lowest BCUT2D eigenvalue weighted by molar-refractivity contribution is 0.588. The molecule has 2 rings (SSSR count). The Labute approximate surface area is 129 Å². The number of thiophene rings is 1. The molecule has 0 fully saturated rings. The van der Waals surface area contributed by atoms with Gasteiger partial charge in [-0.2, -0.15) is 0 Å². The number of hydrogen-bond acceptors (Lipinski definition) is 5. The number of hydrogen-bond donors (Lipinski definition) is 3. The maximum absolute atomic E-state index is 11.7. The highest BCUT2D eigenvalue weighted by atomic mass is 32.2. The second-order valence-corrected chi connectivity index (χ2v) is 7.70. The molecule has 1 aromatic heterocycles. The molecule has 1 aromatic carbocycles. The van der Waals surface area contributed by atoms with Gasteiger partial charge in [0.15, 0.2) is 0 Å². The molecule has 5 nitrogen and oxygen atoms in total. The fourth-order valence-electron chi connectivity index (χ4n) is 2.00. The first-order chi connectivity index (χ1) is 9.92. The Morgan fingerprint density at radius 2 is 2.10 bits per heavy atom. The molecule has 2 aromatic rings. The highest BCUT2D eigenvalue weighted by Crippen LogP contribution is 2.24. The molecule has 1 heterocycles. The minimum Gasteiger partial charge on any atom is -0.397 e. The van der Waals surface area contributed by atoms with Gasteiger partial charge in [-0.15, -0.1) is 11.3 Å². The monoisotopic (exact) mass is 325 g/mol. The van der Waals surface area contributed by atoms with Crippen molar-refractivity contribution < 1.29 is 8.42 Å². The standard InChI is InChI=1S/C14H19N3O2S2/c1-10(8-11-4-3-7-20-11)17-14-6-5-12(9-13(14)15)21(18,19)16-2/h3-7,9-10,16-17H,8,15H2,1-2H3. The van der Waals surface area contributed by atoms with Crippen LogP contribution in [0.25, 0.3) is 0 Å². The smallest absolute Gasteiger partial charge is 0.240 e. The first kappa shape index (κ1) is 15.8. The van der Waals surface area contributed by atoms with E-state index < -0.39 is 10.0 Å². The first-order valence-corrected chi connectivity index (χ1v) is 8.90. The maximum Gasteiger partial charge on any atom is 0.240 e. The number of nitrogens with two attached hydrogens (primary N) is 1. The van der Waals surface area contributed by atoms with Crippen LogP contribution in [-0.4, -0.2) is 21.5 Å². The molecule has 0 spiro atoms. The molecule has 114 valence electrons. The van der Waals surface area contributed by atoms with Gasteiger partial charge in [0.2, 0.25) is 10.0 Å². The van der Waals surface area contributed by atoms with Gasteiger partial charge in [-0.3, -0.25) is 0 Å². The molecule has 0 aliphatic rings. The topological polar surface area (TPSA) is 84.2 Å². The van der Waals surface area contributed by atoms with E-state index in [2.05, 4.69) is 23.0 Å². The number of nitrogen functional groups attached to an aromatic ring is 1. The van der Waals surface area contributed by atoms with Crippen LogP contribution in [0.4, 0.5) is 11.4 Å². The molecule has 0 bridgehead atoms. The third-order valence-electron chi connectivity index (χ3n) is 3.09. The van der Waals surface area contributed by atoms with Crippen molar-refractivity contribution in [2.24, 2.45) is 0 Å². The van der Waals surface area contributed by atoms with Crippen LogP contribution < -0.4 is 15.8 Å². The van der Waals surface area contributed by atoms with Crippen LogP contribution >= 0.6 is 11.3 Å². The van der Waals surface area contributed by atoms with Crippen LogP contribution in [-0.2, 0) is 16.4 Å². The highest BCUT2D eigenvalue weighted by Gasteiger charge is 2.14. The van der Waals surface area contributed by atoms with Gasteiger partial charge < -0.3 is 11.1 Å². The quantitative estimate of drug-likeness (QED) is 0.711. The number of anilines is 2. The normalized spacial score (nSPS) is 13.0. The summed E-state index contributed by atoms with van der Waals surface area (Å²) >= 11 is 1.72. The van der Waals surface area contributed by atoms with E-state index >= 15 is 0 Å². The second kappa shape index (κ2) is 6.46. The maximum atomic E-state index is 11.7. The molecule has 1 unspecified atom stereocenters. The minimum absolute atomic E-state index is 0.166. The lowest BCUT2D eigenvalue weighted by Crippen LogP contribution is -2.20. The van der Waals surface area contributed by atoms with Crippen molar-refractivity contribution in [3.05, 3.63) is 40.6 Å². The summed E-state index contributed by atoms with van der Waals surface area (Å²) in [5.74, 6) is 0. The van der Waals surface area contributed by atoms with Crippen LogP contribution in [0.15, 0.2) is 40.6 Å². The summed E-state index contributed by atoms with van der Waals surface area (Å²) in [4.78, 5) is 1.46. The summed E-state index contributed by atoms with van der Waals surface area (Å²) in [6, 6.07) is 9.03. The van der Waals surface area contributed by atoms with Crippen LogP contribution in [0.5, 0.6) is 0 Å². The average Bonchev–Trinajstić information content (AvgIpc) is 2.93. The Morgan fingerprint density at radius 3 is 2.67 bits per heavy atom. The van der Waals surface area contributed by atoms with Gasteiger partial charge in [0.1, 0.15) is 0 Å². The van der Waals surface area contributed by atoms with E-state index in [9.17, 15) is 8.42 Å². The van der Waals surface area contributed by atoms with Crippen LogP contribution in [0.1, 0.15) is 11.8 Å². The zero-order valence-corrected chi connectivity index (χ0v) is 13.6. The van der Waals surface area contributed by atoms with Gasteiger partial charge in [0.05, 0.1) is 16.3 Å². The second-order valence-electron chi connectivity index (χ2n) is 4.79. The molecule has 0 aliphatic carbocycles. The van der Waals surface area contributed by atoms with E-state index in [4.69, 9.17) is 5.73 Å². The minimum atomic E-state index is -3.46. The SMILES string of the molecule is CNS(=O)(=O)c1ccc(NC(C)Cc2cccs2)c(N)c1. The summed E-state index contributed by atoms with van der Waals surface area (Å²) in [5, 5.41) is 5.36. The Kier molecular flexibility index (Phi) is 4.87. The largest absolute Gasteiger partial charge is 0.397 e. The number of nitrogens with one attached hydrogen (secondary N) is 2. The third kappa shape index (κ3) is 3.96. The Bertz CT molecular complexity index is 697. The van der Waals surface area contributed by atoms with E-state index in [1.807, 2.05) is 11.4 Å². The van der Waals surface area contributed by atoms with Gasteiger partial charge in [-0.1, -0.05) is 6.07 Å². The summed E-state index contributed by atoms with van der Waals surface area (Å²) in [5.41, 5.74) is 7.11. The average molecular weight is 325 g/mol. The van der Waals surface area contributed by atoms with E-state index in [1.54, 1.807) is 23.5 Å². The molecule has 0 amide bonds. The molecule has 0 saturated carbocycles. The highest BCUT2D eigenvalue weighted by molar-refractivity contribution is 7.89. The van der Waals surface area contributed by atoms with E-state index in [-0.39, 0.29) is 10.9 Å². The molecule has 4 N–H and O–H groups in total. The lowest BCUT2D eigenvalue weighted by atomic mass is 10.2. The number of benzene rings is 1. The first-order valence-electron chi connectivity index (χ1n) is 6.54. The lowest BCUT2D eigenvalue weighted by Gasteiger charge is -2.17. The molecule has 21 heavy (non-hydrogen) atoms. The van der Waals surface area contributed by atoms with Crippen molar-refractivity contribution in [2.75, 3.05) is 18.1 Å². The Hall–Kier alpha value is -1.57. The summed E-state index contributed by atoms with van der Waals surface area (Å²) < 4.78 is 25.7. The number of rotatable bonds is 6. The van der Waals surface area contributed by atoms with Crippen molar-refractivity contribution >= 4 is 32.7 Å². The van der Waals surface area contributed by atoms with E-state index in [0.717, 1.165) is 12.1 Å². The molecule has 0 saturated heterocycles. The van der Waals surface area contributed by atoms with Crippen LogP contribution in [0.2, 0.25) is 0 Å². The van der Waals surface area contributed by atoms with Crippen LogP contribution in [0.3, 0.4) is 0 Å². The van der Waals surface area contributed by atoms with Crippen molar-refractivity contribution in [1.82, 2.24) is 4.72 Å². The predicted molar refractivity (Wildman–Crippen MR) is 88.2 cm³/mol. The third-order valence-corrected chi connectivity index (χ3v) is 5.40. The van der Waals surface area contributed by atoms with E-state index in [1.165, 1.54) is 18.0 Å². The van der Waals surface area contributed by atoms with Gasteiger partial charge >= 0.3 is 0 Å². The molecule has 1 atom stereocenters. The van der Waals surface area contributed by atoms with Crippen molar-refractivity contribution in [3.63, 3.8) is 0 Å². The van der Waals surface area contributed by atoms with Crippen molar-refractivity contribution in [3.8, 4) is 0 Å². The van der Waals surface area contributed by atoms with Gasteiger partial charge in [-0.25, -0.2) is 13.1 Å². The molecule has 0 radical (unpaired) electrons. The molecular formula is C14H19N3O2S2. The van der Waals surface area contributed by atoms with Crippen molar-refractivity contribution in [2.45, 2.75) is 24.3 Å². The van der Waals surface area contributed by atoms with Gasteiger partial charge in [0, 0.05) is 17.3 Å². The van der Waals surface area contributed by atoms with Crippen LogP contribution in [0, 0.1) is 0 Å². The fraction of sp³-hybridized carbons (Fsp3) is 0.286. The molecule has 7 heteroatoms. The Balaban J connectivity index is 2.11. The fourth-order valence-corrected chi connectivity index (χ4v) is 3.60. The van der Waals surface area contributed by atoms with Crippen molar-refractivity contribution in [1.29, 1.82) is 0 Å². The molecular weight excluding hydrogens is 306 g/mol. The summed E-state index contributed by atoms with van der Waals surface area (Å²) in [7, 11) is -2.09. The summed E-state index contributed by atoms with van der Waals surface area (Å²) in [6.45, 7) is 2.07. The summed E-state index contributed by atoms with van der Waals surface area (Å²) in [6.07, 6.45) is 0.897. The predicted octanol–water partition coefficient (Wildman–Crippen LogP) is 2.28. The zero-order chi connectivity index (χ0) is 15.5. The number of sulfonamides is 1. The van der Waals surface area contributed by atoms with E-state index in [0.29, 0.717) is 5.69 Å². The van der Waals surface area contributed by atoms with Gasteiger partial charge in [0.25, 0.3) is 0 Å². The molecule has 0 aliphatic heterocycles. The zero-order valence-electron chi connectivity index (χ0n) is 12.0. The Morgan fingerprint density at radius 1 is 1.33 bits per heavy atom.